The van der Waals surface area contributed by atoms with Crippen molar-refractivity contribution in [2.45, 2.75) is 19.0 Å². The van der Waals surface area contributed by atoms with Crippen LogP contribution in [0.4, 0.5) is 18.9 Å². The van der Waals surface area contributed by atoms with Crippen molar-refractivity contribution < 1.29 is 32.4 Å². The molecule has 1 aliphatic rings. The molecule has 0 saturated carbocycles. The summed E-state index contributed by atoms with van der Waals surface area (Å²) in [4.78, 5) is 39.2. The largest absolute Gasteiger partial charge is 0.492 e. The van der Waals surface area contributed by atoms with E-state index in [9.17, 15) is 27.6 Å². The number of anilines is 1. The topological polar surface area (TPSA) is 120 Å². The van der Waals surface area contributed by atoms with Crippen LogP contribution in [0.1, 0.15) is 23.2 Å². The second-order valence-electron chi connectivity index (χ2n) is 7.90. The molecule has 9 nitrogen and oxygen atoms in total. The maximum Gasteiger partial charge on any atom is 0.492 e. The second kappa shape index (κ2) is 9.14. The number of benzene rings is 2. The minimum atomic E-state index is -5.06. The Morgan fingerprint density at radius 1 is 1.15 bits per heavy atom. The number of halogens is 3. The zero-order valence-corrected chi connectivity index (χ0v) is 17.7. The molecule has 0 bridgehead atoms. The third kappa shape index (κ3) is 5.17. The number of hydrogen-bond donors (Lipinski definition) is 2. The lowest BCUT2D eigenvalue weighted by Crippen LogP contribution is -2.33. The van der Waals surface area contributed by atoms with Crippen LogP contribution in [0.5, 0.6) is 0 Å². The number of rotatable bonds is 6. The first-order chi connectivity index (χ1) is 16.1. The SMILES string of the molecule is NC(=O)c1cccc2cn(-c3ccc(NC(=O)C[C@H]4CCN(OC(=O)C(F)(F)F)C4)cc3)nc12. The number of aromatic nitrogens is 2. The Labute approximate surface area is 191 Å². The number of amides is 2. The molecule has 3 aromatic rings. The summed E-state index contributed by atoms with van der Waals surface area (Å²) in [7, 11) is 0. The molecule has 2 aromatic carbocycles. The second-order valence-corrected chi connectivity index (χ2v) is 7.90. The Morgan fingerprint density at radius 2 is 1.88 bits per heavy atom. The molecule has 1 saturated heterocycles. The van der Waals surface area contributed by atoms with E-state index in [1.54, 1.807) is 47.3 Å². The fourth-order valence-electron chi connectivity index (χ4n) is 3.76. The van der Waals surface area contributed by atoms with Crippen molar-refractivity contribution >= 4 is 34.4 Å². The molecule has 0 radical (unpaired) electrons. The number of nitrogens with zero attached hydrogens (tertiary/aromatic N) is 3. The number of nitrogens with two attached hydrogens (primary N) is 1. The van der Waals surface area contributed by atoms with Crippen LogP contribution >= 0.6 is 0 Å². The number of primary amides is 1. The van der Waals surface area contributed by atoms with Gasteiger partial charge in [-0.3, -0.25) is 9.59 Å². The molecule has 1 fully saturated rings. The van der Waals surface area contributed by atoms with Crippen LogP contribution in [0.3, 0.4) is 0 Å². The lowest BCUT2D eigenvalue weighted by Gasteiger charge is -2.16. The standard InChI is InChI=1S/C22H20F3N5O4/c23-22(24,25)21(33)34-29-9-8-13(11-29)10-18(31)27-15-4-6-16(7-5-15)30-12-14-2-1-3-17(20(26)32)19(14)28-30/h1-7,12-13H,8-11H2,(H2,26,32)(H,27,31)/t13-/m1/s1. The van der Waals surface area contributed by atoms with Crippen LogP contribution in [0.15, 0.2) is 48.7 Å². The molecule has 1 aliphatic heterocycles. The molecule has 12 heteroatoms. The van der Waals surface area contributed by atoms with Gasteiger partial charge in [0.1, 0.15) is 5.52 Å². The summed E-state index contributed by atoms with van der Waals surface area (Å²) in [5.74, 6) is -3.39. The van der Waals surface area contributed by atoms with Gasteiger partial charge in [-0.2, -0.15) is 18.3 Å². The highest BCUT2D eigenvalue weighted by atomic mass is 19.4. The first-order valence-electron chi connectivity index (χ1n) is 10.3. The van der Waals surface area contributed by atoms with E-state index in [-0.39, 0.29) is 31.3 Å². The Hall–Kier alpha value is -3.93. The first kappa shape index (κ1) is 23.2. The van der Waals surface area contributed by atoms with Crippen molar-refractivity contribution in [3.8, 4) is 5.69 Å². The molecular formula is C22H20F3N5O4. The molecule has 0 spiro atoms. The van der Waals surface area contributed by atoms with Crippen molar-refractivity contribution in [3.05, 3.63) is 54.2 Å². The molecule has 2 heterocycles. The smallest absolute Gasteiger partial charge is 0.366 e. The van der Waals surface area contributed by atoms with Crippen LogP contribution in [-0.2, 0) is 14.4 Å². The van der Waals surface area contributed by atoms with Gasteiger partial charge in [0.05, 0.1) is 11.3 Å². The van der Waals surface area contributed by atoms with Crippen LogP contribution < -0.4 is 11.1 Å². The first-order valence-corrected chi connectivity index (χ1v) is 10.3. The Kier molecular flexibility index (Phi) is 6.24. The minimum absolute atomic E-state index is 0.0499. The van der Waals surface area contributed by atoms with Crippen LogP contribution in [0.2, 0.25) is 0 Å². The third-order valence-corrected chi connectivity index (χ3v) is 5.38. The maximum atomic E-state index is 12.4. The van der Waals surface area contributed by atoms with Gasteiger partial charge in [0.2, 0.25) is 5.91 Å². The quantitative estimate of drug-likeness (QED) is 0.566. The Morgan fingerprint density at radius 3 is 2.56 bits per heavy atom. The van der Waals surface area contributed by atoms with E-state index in [1.807, 2.05) is 6.07 Å². The van der Waals surface area contributed by atoms with Crippen molar-refractivity contribution in [2.24, 2.45) is 11.7 Å². The fraction of sp³-hybridized carbons (Fsp3) is 0.273. The van der Waals surface area contributed by atoms with Crippen molar-refractivity contribution in [2.75, 3.05) is 18.4 Å². The minimum Gasteiger partial charge on any atom is -0.366 e. The number of hydrogen-bond acceptors (Lipinski definition) is 6. The summed E-state index contributed by atoms with van der Waals surface area (Å²) in [5.41, 5.74) is 7.43. The Bertz CT molecular complexity index is 1240. The number of nitrogens with one attached hydrogen (secondary N) is 1. The van der Waals surface area contributed by atoms with E-state index in [0.717, 1.165) is 10.4 Å². The predicted octanol–water partition coefficient (Wildman–Crippen LogP) is 2.80. The predicted molar refractivity (Wildman–Crippen MR) is 115 cm³/mol. The molecule has 3 N–H and O–H groups in total. The van der Waals surface area contributed by atoms with Gasteiger partial charge >= 0.3 is 12.1 Å². The molecule has 1 atom stereocenters. The molecule has 0 aliphatic carbocycles. The summed E-state index contributed by atoms with van der Waals surface area (Å²) in [6, 6.07) is 12.0. The number of alkyl halides is 3. The molecule has 0 unspecified atom stereocenters. The van der Waals surface area contributed by atoms with Gasteiger partial charge < -0.3 is 15.9 Å². The fourth-order valence-corrected chi connectivity index (χ4v) is 3.76. The highest BCUT2D eigenvalue weighted by Crippen LogP contribution is 2.24. The molecule has 4 rings (SSSR count). The average molecular weight is 475 g/mol. The maximum absolute atomic E-state index is 12.4. The average Bonchev–Trinajstić information content (AvgIpc) is 3.39. The van der Waals surface area contributed by atoms with E-state index >= 15 is 0 Å². The molecule has 178 valence electrons. The molecular weight excluding hydrogens is 455 g/mol. The van der Waals surface area contributed by atoms with Crippen molar-refractivity contribution in [1.29, 1.82) is 0 Å². The Balaban J connectivity index is 1.34. The van der Waals surface area contributed by atoms with Gasteiger partial charge in [0.15, 0.2) is 0 Å². The number of hydroxylamine groups is 2. The molecule has 34 heavy (non-hydrogen) atoms. The molecule has 2 amide bonds. The van der Waals surface area contributed by atoms with Gasteiger partial charge in [0.25, 0.3) is 5.91 Å². The number of carbonyl (C=O) groups excluding carboxylic acids is 3. The van der Waals surface area contributed by atoms with Crippen molar-refractivity contribution in [3.63, 3.8) is 0 Å². The van der Waals surface area contributed by atoms with Crippen LogP contribution in [0.25, 0.3) is 16.6 Å². The van der Waals surface area contributed by atoms with E-state index in [4.69, 9.17) is 5.73 Å². The van der Waals surface area contributed by atoms with Gasteiger partial charge in [0, 0.05) is 36.8 Å². The highest BCUT2D eigenvalue weighted by Gasteiger charge is 2.43. The van der Waals surface area contributed by atoms with E-state index in [0.29, 0.717) is 28.9 Å². The zero-order chi connectivity index (χ0) is 24.5. The van der Waals surface area contributed by atoms with E-state index in [1.165, 1.54) is 0 Å². The number of carbonyl (C=O) groups is 3. The monoisotopic (exact) mass is 475 g/mol. The van der Waals surface area contributed by atoms with Gasteiger partial charge in [-0.05, 0) is 42.7 Å². The summed E-state index contributed by atoms with van der Waals surface area (Å²) in [6.45, 7) is 0.179. The van der Waals surface area contributed by atoms with E-state index < -0.39 is 18.1 Å². The summed E-state index contributed by atoms with van der Waals surface area (Å²) in [5, 5.41) is 8.85. The van der Waals surface area contributed by atoms with Crippen LogP contribution in [-0.4, -0.2) is 51.9 Å². The molecule has 1 aromatic heterocycles. The lowest BCUT2D eigenvalue weighted by molar-refractivity contribution is -0.235. The number of fused-ring (bicyclic) bond motifs is 1. The van der Waals surface area contributed by atoms with Gasteiger partial charge in [-0.1, -0.05) is 12.1 Å². The highest BCUT2D eigenvalue weighted by molar-refractivity contribution is 6.04. The summed E-state index contributed by atoms with van der Waals surface area (Å²) in [6.07, 6.45) is -2.80. The zero-order valence-electron chi connectivity index (χ0n) is 17.7. The van der Waals surface area contributed by atoms with E-state index in [2.05, 4.69) is 15.3 Å². The third-order valence-electron chi connectivity index (χ3n) is 5.38. The summed E-state index contributed by atoms with van der Waals surface area (Å²) < 4.78 is 38.5. The van der Waals surface area contributed by atoms with Gasteiger partial charge in [-0.25, -0.2) is 9.48 Å². The van der Waals surface area contributed by atoms with Crippen LogP contribution in [0, 0.1) is 5.92 Å². The normalized spacial score (nSPS) is 16.5. The summed E-state index contributed by atoms with van der Waals surface area (Å²) >= 11 is 0. The van der Waals surface area contributed by atoms with Crippen molar-refractivity contribution in [1.82, 2.24) is 14.8 Å². The lowest BCUT2D eigenvalue weighted by atomic mass is 10.0. The van der Waals surface area contributed by atoms with Gasteiger partial charge in [-0.15, -0.1) is 5.06 Å².